The highest BCUT2D eigenvalue weighted by Crippen LogP contribution is 2.24. The van der Waals surface area contributed by atoms with E-state index in [0.29, 0.717) is 24.9 Å². The minimum absolute atomic E-state index is 0.0453. The summed E-state index contributed by atoms with van der Waals surface area (Å²) in [6.45, 7) is 0.747. The first kappa shape index (κ1) is 22.9. The van der Waals surface area contributed by atoms with Crippen LogP contribution in [0.1, 0.15) is 28.8 Å². The van der Waals surface area contributed by atoms with Gasteiger partial charge in [0.25, 0.3) is 5.91 Å². The van der Waals surface area contributed by atoms with Crippen molar-refractivity contribution in [1.29, 1.82) is 0 Å². The molecule has 0 spiro atoms. The fourth-order valence-electron chi connectivity index (χ4n) is 3.52. The molecule has 0 radical (unpaired) electrons. The summed E-state index contributed by atoms with van der Waals surface area (Å²) in [5.74, 6) is -1.02. The summed E-state index contributed by atoms with van der Waals surface area (Å²) >= 11 is 0. The number of carbonyl (C=O) groups is 2. The summed E-state index contributed by atoms with van der Waals surface area (Å²) < 4.78 is 39.8. The quantitative estimate of drug-likeness (QED) is 0.736. The third-order valence-corrected chi connectivity index (χ3v) is 7.24. The Labute approximate surface area is 181 Å². The zero-order valence-corrected chi connectivity index (χ0v) is 18.4. The number of rotatable bonds is 6. The first-order valence-electron chi connectivity index (χ1n) is 10.0. The maximum Gasteiger partial charge on any atom is 0.253 e. The van der Waals surface area contributed by atoms with E-state index in [1.165, 1.54) is 21.3 Å². The Hall–Kier alpha value is -2.78. The molecule has 2 aromatic rings. The van der Waals surface area contributed by atoms with Gasteiger partial charge in [-0.1, -0.05) is 12.1 Å². The summed E-state index contributed by atoms with van der Waals surface area (Å²) in [7, 11) is -0.344. The SMILES string of the molecule is CN(C)C(=O)c1cccc(CNC(=O)C2CCN(S(=O)(=O)c3ccc(F)cc3)CC2)c1. The van der Waals surface area contributed by atoms with Gasteiger partial charge in [0.1, 0.15) is 5.82 Å². The van der Waals surface area contributed by atoms with Gasteiger partial charge in [-0.2, -0.15) is 4.31 Å². The predicted molar refractivity (Wildman–Crippen MR) is 114 cm³/mol. The van der Waals surface area contributed by atoms with Crippen LogP contribution in [-0.4, -0.2) is 56.6 Å². The van der Waals surface area contributed by atoms with Crippen molar-refractivity contribution in [1.82, 2.24) is 14.5 Å². The smallest absolute Gasteiger partial charge is 0.253 e. The van der Waals surface area contributed by atoms with E-state index in [4.69, 9.17) is 0 Å². The van der Waals surface area contributed by atoms with Crippen molar-refractivity contribution in [2.24, 2.45) is 5.92 Å². The number of hydrogen-bond donors (Lipinski definition) is 1. The molecule has 0 aromatic heterocycles. The van der Waals surface area contributed by atoms with Crippen molar-refractivity contribution in [2.45, 2.75) is 24.3 Å². The number of halogens is 1. The Bertz CT molecular complexity index is 1050. The zero-order valence-electron chi connectivity index (χ0n) is 17.5. The largest absolute Gasteiger partial charge is 0.352 e. The highest BCUT2D eigenvalue weighted by Gasteiger charge is 2.32. The van der Waals surface area contributed by atoms with E-state index in [-0.39, 0.29) is 35.7 Å². The average molecular weight is 448 g/mol. The molecule has 3 rings (SSSR count). The molecule has 0 atom stereocenters. The molecular weight excluding hydrogens is 421 g/mol. The third-order valence-electron chi connectivity index (χ3n) is 5.32. The topological polar surface area (TPSA) is 86.8 Å². The Morgan fingerprint density at radius 1 is 1.10 bits per heavy atom. The average Bonchev–Trinajstić information content (AvgIpc) is 2.77. The van der Waals surface area contributed by atoms with E-state index in [1.54, 1.807) is 32.3 Å². The molecule has 0 aliphatic carbocycles. The van der Waals surface area contributed by atoms with Gasteiger partial charge >= 0.3 is 0 Å². The minimum atomic E-state index is -3.70. The van der Waals surface area contributed by atoms with Crippen molar-refractivity contribution >= 4 is 21.8 Å². The molecule has 0 unspecified atom stereocenters. The summed E-state index contributed by atoms with van der Waals surface area (Å²) in [5, 5.41) is 2.88. The van der Waals surface area contributed by atoms with Gasteiger partial charge in [-0.05, 0) is 54.8 Å². The molecule has 1 saturated heterocycles. The molecule has 9 heteroatoms. The standard InChI is InChI=1S/C22H26FN3O4S/c1-25(2)22(28)18-5-3-4-16(14-18)15-24-21(27)17-10-12-26(13-11-17)31(29,30)20-8-6-19(23)7-9-20/h3-9,14,17H,10-13,15H2,1-2H3,(H,24,27). The molecule has 1 fully saturated rings. The molecular formula is C22H26FN3O4S. The van der Waals surface area contributed by atoms with Gasteiger partial charge in [0.05, 0.1) is 4.90 Å². The van der Waals surface area contributed by atoms with E-state index in [1.807, 2.05) is 6.07 Å². The first-order valence-corrected chi connectivity index (χ1v) is 11.5. The van der Waals surface area contributed by atoms with Gasteiger partial charge in [0.15, 0.2) is 0 Å². The van der Waals surface area contributed by atoms with Crippen molar-refractivity contribution < 1.29 is 22.4 Å². The van der Waals surface area contributed by atoms with Crippen LogP contribution in [-0.2, 0) is 21.4 Å². The number of piperidine rings is 1. The van der Waals surface area contributed by atoms with Gasteiger partial charge in [0.2, 0.25) is 15.9 Å². The molecule has 166 valence electrons. The number of sulfonamides is 1. The van der Waals surface area contributed by atoms with Crippen LogP contribution in [0.2, 0.25) is 0 Å². The maximum absolute atomic E-state index is 13.1. The van der Waals surface area contributed by atoms with Gasteiger partial charge in [-0.15, -0.1) is 0 Å². The van der Waals surface area contributed by atoms with Crippen LogP contribution >= 0.6 is 0 Å². The molecule has 2 aromatic carbocycles. The second-order valence-electron chi connectivity index (χ2n) is 7.75. The van der Waals surface area contributed by atoms with E-state index in [2.05, 4.69) is 5.32 Å². The van der Waals surface area contributed by atoms with Crippen LogP contribution in [0.5, 0.6) is 0 Å². The monoisotopic (exact) mass is 447 g/mol. The normalized spacial score (nSPS) is 15.5. The lowest BCUT2D eigenvalue weighted by Crippen LogP contribution is -2.42. The number of nitrogens with zero attached hydrogens (tertiary/aromatic N) is 2. The summed E-state index contributed by atoms with van der Waals surface area (Å²) in [4.78, 5) is 26.2. The van der Waals surface area contributed by atoms with Gasteiger partial charge in [0, 0.05) is 45.2 Å². The molecule has 1 aliphatic heterocycles. The van der Waals surface area contributed by atoms with Crippen LogP contribution in [0.3, 0.4) is 0 Å². The Kier molecular flexibility index (Phi) is 7.07. The fourth-order valence-corrected chi connectivity index (χ4v) is 4.99. The molecule has 1 aliphatic rings. The first-order chi connectivity index (χ1) is 14.7. The lowest BCUT2D eigenvalue weighted by molar-refractivity contribution is -0.126. The molecule has 0 saturated carbocycles. The summed E-state index contributed by atoms with van der Waals surface area (Å²) in [6.07, 6.45) is 0.816. The number of nitrogens with one attached hydrogen (secondary N) is 1. The van der Waals surface area contributed by atoms with Crippen LogP contribution < -0.4 is 5.32 Å². The fraction of sp³-hybridized carbons (Fsp3) is 0.364. The molecule has 31 heavy (non-hydrogen) atoms. The van der Waals surface area contributed by atoms with Gasteiger partial charge in [-0.25, -0.2) is 12.8 Å². The molecule has 2 amide bonds. The van der Waals surface area contributed by atoms with Crippen LogP contribution in [0.15, 0.2) is 53.4 Å². The van der Waals surface area contributed by atoms with Gasteiger partial charge < -0.3 is 10.2 Å². The number of benzene rings is 2. The molecule has 1 N–H and O–H groups in total. The molecule has 7 nitrogen and oxygen atoms in total. The number of hydrogen-bond acceptors (Lipinski definition) is 4. The molecule has 1 heterocycles. The summed E-state index contributed by atoms with van der Waals surface area (Å²) in [6, 6.07) is 11.8. The Morgan fingerprint density at radius 3 is 2.35 bits per heavy atom. The van der Waals surface area contributed by atoms with E-state index in [0.717, 1.165) is 17.7 Å². The number of carbonyl (C=O) groups excluding carboxylic acids is 2. The second-order valence-corrected chi connectivity index (χ2v) is 9.69. The zero-order chi connectivity index (χ0) is 22.6. The Morgan fingerprint density at radius 2 is 1.74 bits per heavy atom. The number of amides is 2. The highest BCUT2D eigenvalue weighted by molar-refractivity contribution is 7.89. The van der Waals surface area contributed by atoms with Crippen molar-refractivity contribution in [3.8, 4) is 0 Å². The lowest BCUT2D eigenvalue weighted by Gasteiger charge is -2.30. The second kappa shape index (κ2) is 9.57. The van der Waals surface area contributed by atoms with E-state index < -0.39 is 15.8 Å². The lowest BCUT2D eigenvalue weighted by atomic mass is 9.97. The van der Waals surface area contributed by atoms with Crippen molar-refractivity contribution in [3.63, 3.8) is 0 Å². The van der Waals surface area contributed by atoms with Gasteiger partial charge in [-0.3, -0.25) is 9.59 Å². The van der Waals surface area contributed by atoms with E-state index >= 15 is 0 Å². The minimum Gasteiger partial charge on any atom is -0.352 e. The highest BCUT2D eigenvalue weighted by atomic mass is 32.2. The van der Waals surface area contributed by atoms with E-state index in [9.17, 15) is 22.4 Å². The van der Waals surface area contributed by atoms with Crippen LogP contribution in [0.4, 0.5) is 4.39 Å². The Balaban J connectivity index is 1.54. The van der Waals surface area contributed by atoms with Crippen LogP contribution in [0, 0.1) is 11.7 Å². The summed E-state index contributed by atoms with van der Waals surface area (Å²) in [5.41, 5.74) is 1.37. The maximum atomic E-state index is 13.1. The third kappa shape index (κ3) is 5.48. The van der Waals surface area contributed by atoms with Crippen molar-refractivity contribution in [2.75, 3.05) is 27.2 Å². The van der Waals surface area contributed by atoms with Crippen LogP contribution in [0.25, 0.3) is 0 Å². The predicted octanol–water partition coefficient (Wildman–Crippen LogP) is 2.24. The van der Waals surface area contributed by atoms with Crippen molar-refractivity contribution in [3.05, 3.63) is 65.5 Å². The molecule has 0 bridgehead atoms.